The number of carbonyl (C=O) groups excluding carboxylic acids is 2. The fourth-order valence-corrected chi connectivity index (χ4v) is 2.18. The summed E-state index contributed by atoms with van der Waals surface area (Å²) in [5.41, 5.74) is 0. The summed E-state index contributed by atoms with van der Waals surface area (Å²) in [6.07, 6.45) is 9.41. The Kier molecular flexibility index (Phi) is 14.1. The second kappa shape index (κ2) is 14.9. The SMILES string of the molecule is CCCCCOC(=O)C(CCCCC)C(=O)OCCCCC. The third kappa shape index (κ3) is 10.6. The maximum Gasteiger partial charge on any atom is 0.320 e. The molecule has 0 aliphatic heterocycles. The van der Waals surface area contributed by atoms with Gasteiger partial charge >= 0.3 is 11.9 Å². The molecule has 0 saturated carbocycles. The van der Waals surface area contributed by atoms with E-state index in [4.69, 9.17) is 9.47 Å². The van der Waals surface area contributed by atoms with Gasteiger partial charge in [0.25, 0.3) is 0 Å². The first-order valence-corrected chi connectivity index (χ1v) is 9.00. The van der Waals surface area contributed by atoms with Gasteiger partial charge in [-0.05, 0) is 19.3 Å². The number of hydrogen-bond acceptors (Lipinski definition) is 4. The molecule has 0 radical (unpaired) electrons. The lowest BCUT2D eigenvalue weighted by molar-refractivity contribution is -0.162. The van der Waals surface area contributed by atoms with Gasteiger partial charge in [0.15, 0.2) is 5.92 Å². The molecule has 0 saturated heterocycles. The minimum absolute atomic E-state index is 0.403. The predicted molar refractivity (Wildman–Crippen MR) is 88.6 cm³/mol. The Morgan fingerprint density at radius 1 is 0.682 bits per heavy atom. The number of hydrogen-bond donors (Lipinski definition) is 0. The lowest BCUT2D eigenvalue weighted by atomic mass is 10.0. The van der Waals surface area contributed by atoms with Gasteiger partial charge in [-0.3, -0.25) is 9.59 Å². The van der Waals surface area contributed by atoms with Crippen LogP contribution in [0.4, 0.5) is 0 Å². The van der Waals surface area contributed by atoms with Crippen LogP contribution in [-0.2, 0) is 19.1 Å². The van der Waals surface area contributed by atoms with E-state index in [1.165, 1.54) is 0 Å². The maximum atomic E-state index is 12.1. The van der Waals surface area contributed by atoms with Crippen molar-refractivity contribution in [3.8, 4) is 0 Å². The van der Waals surface area contributed by atoms with Gasteiger partial charge in [0.1, 0.15) is 0 Å². The largest absolute Gasteiger partial charge is 0.465 e. The molecule has 0 atom stereocenters. The summed E-state index contributed by atoms with van der Waals surface area (Å²) in [6, 6.07) is 0. The summed E-state index contributed by atoms with van der Waals surface area (Å²) in [7, 11) is 0. The van der Waals surface area contributed by atoms with Crippen LogP contribution < -0.4 is 0 Å². The second-order valence-electron chi connectivity index (χ2n) is 5.80. The van der Waals surface area contributed by atoms with Crippen molar-refractivity contribution in [3.63, 3.8) is 0 Å². The van der Waals surface area contributed by atoms with E-state index in [1.54, 1.807) is 0 Å². The molecule has 22 heavy (non-hydrogen) atoms. The number of rotatable bonds is 14. The smallest absolute Gasteiger partial charge is 0.320 e. The number of unbranched alkanes of at least 4 members (excludes halogenated alkanes) is 6. The Labute approximate surface area is 135 Å². The summed E-state index contributed by atoms with van der Waals surface area (Å²) in [4.78, 5) is 24.2. The lowest BCUT2D eigenvalue weighted by Crippen LogP contribution is -2.28. The van der Waals surface area contributed by atoms with E-state index in [1.807, 2.05) is 0 Å². The van der Waals surface area contributed by atoms with Crippen LogP contribution in [0, 0.1) is 5.92 Å². The van der Waals surface area contributed by atoms with Crippen molar-refractivity contribution in [3.05, 3.63) is 0 Å². The highest BCUT2D eigenvalue weighted by atomic mass is 16.6. The molecule has 0 N–H and O–H groups in total. The normalized spacial score (nSPS) is 10.7. The highest BCUT2D eigenvalue weighted by molar-refractivity contribution is 5.94. The zero-order valence-corrected chi connectivity index (χ0v) is 14.7. The van der Waals surface area contributed by atoms with Gasteiger partial charge in [-0.15, -0.1) is 0 Å². The molecule has 0 aliphatic rings. The minimum Gasteiger partial charge on any atom is -0.465 e. The van der Waals surface area contributed by atoms with Crippen LogP contribution in [0.5, 0.6) is 0 Å². The lowest BCUT2D eigenvalue weighted by Gasteiger charge is -2.15. The average molecular weight is 314 g/mol. The fraction of sp³-hybridized carbons (Fsp3) is 0.889. The van der Waals surface area contributed by atoms with E-state index in [9.17, 15) is 9.59 Å². The number of esters is 2. The molecule has 4 nitrogen and oxygen atoms in total. The first-order chi connectivity index (χ1) is 10.7. The van der Waals surface area contributed by atoms with Gasteiger partial charge in [-0.2, -0.15) is 0 Å². The molecule has 0 aliphatic carbocycles. The Balaban J connectivity index is 4.26. The van der Waals surface area contributed by atoms with Crippen LogP contribution in [0.1, 0.15) is 85.0 Å². The van der Waals surface area contributed by atoms with Crippen molar-refractivity contribution in [2.24, 2.45) is 5.92 Å². The number of ether oxygens (including phenoxy) is 2. The molecule has 0 aromatic carbocycles. The number of carbonyl (C=O) groups is 2. The van der Waals surface area contributed by atoms with Gasteiger partial charge < -0.3 is 9.47 Å². The Hall–Kier alpha value is -1.06. The van der Waals surface area contributed by atoms with E-state index in [-0.39, 0.29) is 0 Å². The highest BCUT2D eigenvalue weighted by Crippen LogP contribution is 2.15. The van der Waals surface area contributed by atoms with Crippen LogP contribution in [-0.4, -0.2) is 25.2 Å². The molecule has 0 fully saturated rings. The van der Waals surface area contributed by atoms with E-state index in [0.717, 1.165) is 57.8 Å². The van der Waals surface area contributed by atoms with E-state index in [0.29, 0.717) is 19.6 Å². The molecule has 0 rings (SSSR count). The predicted octanol–water partition coefficient (Wildman–Crippen LogP) is 4.65. The van der Waals surface area contributed by atoms with Gasteiger partial charge in [-0.1, -0.05) is 65.7 Å². The maximum absolute atomic E-state index is 12.1. The molecular weight excluding hydrogens is 280 g/mol. The van der Waals surface area contributed by atoms with Crippen LogP contribution >= 0.6 is 0 Å². The monoisotopic (exact) mass is 314 g/mol. The summed E-state index contributed by atoms with van der Waals surface area (Å²) in [5.74, 6) is -1.56. The van der Waals surface area contributed by atoms with Gasteiger partial charge in [0, 0.05) is 0 Å². The molecule has 0 aromatic heterocycles. The van der Waals surface area contributed by atoms with Crippen LogP contribution in [0.25, 0.3) is 0 Å². The standard InChI is InChI=1S/C18H34O4/c1-4-7-10-13-16(17(19)21-14-11-8-5-2)18(20)22-15-12-9-6-3/h16H,4-15H2,1-3H3. The van der Waals surface area contributed by atoms with Crippen molar-refractivity contribution in [1.29, 1.82) is 0 Å². The third-order valence-corrected chi connectivity index (χ3v) is 3.65. The van der Waals surface area contributed by atoms with Crippen molar-refractivity contribution in [2.75, 3.05) is 13.2 Å². The topological polar surface area (TPSA) is 52.6 Å². The molecule has 0 amide bonds. The quantitative estimate of drug-likeness (QED) is 0.266. The molecule has 4 heteroatoms. The second-order valence-corrected chi connectivity index (χ2v) is 5.80. The molecule has 0 unspecified atom stereocenters. The molecule has 0 heterocycles. The molecular formula is C18H34O4. The zero-order valence-electron chi connectivity index (χ0n) is 14.7. The Morgan fingerprint density at radius 2 is 1.09 bits per heavy atom. The summed E-state index contributed by atoms with van der Waals surface area (Å²) in [5, 5.41) is 0. The first kappa shape index (κ1) is 20.9. The van der Waals surface area contributed by atoms with Crippen LogP contribution in [0.15, 0.2) is 0 Å². The van der Waals surface area contributed by atoms with Gasteiger partial charge in [-0.25, -0.2) is 0 Å². The minimum atomic E-state index is -0.741. The van der Waals surface area contributed by atoms with Gasteiger partial charge in [0.05, 0.1) is 13.2 Å². The Morgan fingerprint density at radius 3 is 1.50 bits per heavy atom. The van der Waals surface area contributed by atoms with Crippen LogP contribution in [0.3, 0.4) is 0 Å². The summed E-state index contributed by atoms with van der Waals surface area (Å²) < 4.78 is 10.5. The summed E-state index contributed by atoms with van der Waals surface area (Å²) >= 11 is 0. The Bertz CT molecular complexity index is 265. The van der Waals surface area contributed by atoms with Crippen molar-refractivity contribution < 1.29 is 19.1 Å². The van der Waals surface area contributed by atoms with Crippen molar-refractivity contribution in [2.45, 2.75) is 85.0 Å². The molecule has 0 aromatic rings. The fourth-order valence-electron chi connectivity index (χ4n) is 2.18. The third-order valence-electron chi connectivity index (χ3n) is 3.65. The van der Waals surface area contributed by atoms with E-state index in [2.05, 4.69) is 20.8 Å². The summed E-state index contributed by atoms with van der Waals surface area (Å²) in [6.45, 7) is 7.10. The zero-order chi connectivity index (χ0) is 16.6. The van der Waals surface area contributed by atoms with Crippen molar-refractivity contribution in [1.82, 2.24) is 0 Å². The molecule has 130 valence electrons. The van der Waals surface area contributed by atoms with Crippen LogP contribution in [0.2, 0.25) is 0 Å². The van der Waals surface area contributed by atoms with Crippen molar-refractivity contribution >= 4 is 11.9 Å². The van der Waals surface area contributed by atoms with E-state index < -0.39 is 17.9 Å². The molecule has 0 spiro atoms. The highest BCUT2D eigenvalue weighted by Gasteiger charge is 2.29. The average Bonchev–Trinajstić information content (AvgIpc) is 2.52. The molecule has 0 bridgehead atoms. The van der Waals surface area contributed by atoms with E-state index >= 15 is 0 Å². The van der Waals surface area contributed by atoms with Gasteiger partial charge in [0.2, 0.25) is 0 Å². The first-order valence-electron chi connectivity index (χ1n) is 9.00.